The van der Waals surface area contributed by atoms with Crippen LogP contribution in [0.5, 0.6) is 0 Å². The van der Waals surface area contributed by atoms with Crippen LogP contribution in [0.3, 0.4) is 0 Å². The summed E-state index contributed by atoms with van der Waals surface area (Å²) in [7, 11) is 0. The molecule has 4 heteroatoms. The monoisotopic (exact) mass is 222 g/mol. The number of nitrogens with two attached hydrogens (primary N) is 2. The molecule has 0 aliphatic heterocycles. The van der Waals surface area contributed by atoms with E-state index in [-0.39, 0.29) is 18.2 Å². The summed E-state index contributed by atoms with van der Waals surface area (Å²) >= 11 is 0. The summed E-state index contributed by atoms with van der Waals surface area (Å²) in [6.07, 6.45) is 5.26. The molecule has 1 aromatic heterocycles. The Kier molecular flexibility index (Phi) is 4.82. The molecule has 88 valence electrons. The molecule has 0 bridgehead atoms. The number of furan rings is 1. The highest BCUT2D eigenvalue weighted by Crippen LogP contribution is 2.19. The van der Waals surface area contributed by atoms with Crippen molar-refractivity contribution in [3.05, 3.63) is 47.6 Å². The first kappa shape index (κ1) is 12.5. The molecule has 0 amide bonds. The topological polar surface area (TPSA) is 85.4 Å². The maximum atomic E-state index is 9.13. The van der Waals surface area contributed by atoms with E-state index in [2.05, 4.69) is 0 Å². The van der Waals surface area contributed by atoms with Crippen molar-refractivity contribution in [3.8, 4) is 0 Å². The van der Waals surface area contributed by atoms with Gasteiger partial charge in [-0.05, 0) is 18.2 Å². The van der Waals surface area contributed by atoms with Gasteiger partial charge < -0.3 is 21.0 Å². The number of aliphatic hydroxyl groups excluding tert-OH is 1. The SMILES string of the molecule is CC(/C=C/C=C(\O)CN)c1ccc(CN)o1. The van der Waals surface area contributed by atoms with E-state index in [0.29, 0.717) is 6.54 Å². The normalized spacial score (nSPS) is 14.6. The van der Waals surface area contributed by atoms with Gasteiger partial charge in [-0.2, -0.15) is 0 Å². The lowest BCUT2D eigenvalue weighted by Crippen LogP contribution is -2.01. The van der Waals surface area contributed by atoms with Gasteiger partial charge in [0.1, 0.15) is 17.3 Å². The number of rotatable bonds is 5. The minimum atomic E-state index is 0.141. The lowest BCUT2D eigenvalue weighted by molar-refractivity contribution is 0.403. The second kappa shape index (κ2) is 6.15. The lowest BCUT2D eigenvalue weighted by atomic mass is 10.1. The Morgan fingerprint density at radius 3 is 2.81 bits per heavy atom. The van der Waals surface area contributed by atoms with Crippen molar-refractivity contribution in [2.24, 2.45) is 11.5 Å². The van der Waals surface area contributed by atoms with Gasteiger partial charge in [0.05, 0.1) is 13.1 Å². The third-order valence-electron chi connectivity index (χ3n) is 2.23. The van der Waals surface area contributed by atoms with Gasteiger partial charge in [-0.1, -0.05) is 19.1 Å². The molecule has 16 heavy (non-hydrogen) atoms. The molecule has 1 unspecified atom stereocenters. The third-order valence-corrected chi connectivity index (χ3v) is 2.23. The molecule has 1 heterocycles. The van der Waals surface area contributed by atoms with Gasteiger partial charge >= 0.3 is 0 Å². The maximum absolute atomic E-state index is 9.13. The molecule has 1 aromatic rings. The fourth-order valence-corrected chi connectivity index (χ4v) is 1.25. The van der Waals surface area contributed by atoms with Gasteiger partial charge in [-0.15, -0.1) is 0 Å². The molecule has 5 N–H and O–H groups in total. The molecule has 0 saturated heterocycles. The second-order valence-electron chi connectivity index (χ2n) is 3.54. The molecular formula is C12H18N2O2. The average Bonchev–Trinajstić information content (AvgIpc) is 2.77. The van der Waals surface area contributed by atoms with Crippen molar-refractivity contribution < 1.29 is 9.52 Å². The molecule has 0 aliphatic rings. The number of hydrogen-bond donors (Lipinski definition) is 3. The largest absolute Gasteiger partial charge is 0.511 e. The molecule has 0 radical (unpaired) electrons. The van der Waals surface area contributed by atoms with Crippen molar-refractivity contribution in [2.75, 3.05) is 6.54 Å². The first-order valence-corrected chi connectivity index (χ1v) is 5.22. The molecule has 1 atom stereocenters. The van der Waals surface area contributed by atoms with E-state index >= 15 is 0 Å². The van der Waals surface area contributed by atoms with Crippen LogP contribution in [0, 0.1) is 0 Å². The molecular weight excluding hydrogens is 204 g/mol. The number of hydrogen-bond acceptors (Lipinski definition) is 4. The lowest BCUT2D eigenvalue weighted by Gasteiger charge is -2.00. The fraction of sp³-hybridized carbons (Fsp3) is 0.333. The summed E-state index contributed by atoms with van der Waals surface area (Å²) in [6, 6.07) is 3.77. The minimum absolute atomic E-state index is 0.141. The maximum Gasteiger partial charge on any atom is 0.117 e. The Balaban J connectivity index is 2.61. The average molecular weight is 222 g/mol. The van der Waals surface area contributed by atoms with Gasteiger partial charge in [0.2, 0.25) is 0 Å². The smallest absolute Gasteiger partial charge is 0.117 e. The van der Waals surface area contributed by atoms with Crippen LogP contribution in [0.15, 0.2) is 40.5 Å². The summed E-state index contributed by atoms with van der Waals surface area (Å²) in [5.41, 5.74) is 10.7. The Hall–Kier alpha value is -1.52. The van der Waals surface area contributed by atoms with E-state index in [1.807, 2.05) is 25.1 Å². The van der Waals surface area contributed by atoms with Crippen LogP contribution in [0.4, 0.5) is 0 Å². The van der Waals surface area contributed by atoms with E-state index in [9.17, 15) is 0 Å². The van der Waals surface area contributed by atoms with Crippen LogP contribution < -0.4 is 11.5 Å². The molecule has 0 aliphatic carbocycles. The van der Waals surface area contributed by atoms with Gasteiger partial charge in [0.25, 0.3) is 0 Å². The van der Waals surface area contributed by atoms with E-state index in [1.165, 1.54) is 0 Å². The van der Waals surface area contributed by atoms with Crippen LogP contribution in [0.25, 0.3) is 0 Å². The second-order valence-corrected chi connectivity index (χ2v) is 3.54. The molecule has 0 fully saturated rings. The number of aliphatic hydroxyl groups is 1. The highest BCUT2D eigenvalue weighted by molar-refractivity contribution is 5.18. The first-order valence-electron chi connectivity index (χ1n) is 5.22. The third kappa shape index (κ3) is 3.56. The van der Waals surface area contributed by atoms with Crippen molar-refractivity contribution >= 4 is 0 Å². The van der Waals surface area contributed by atoms with E-state index in [0.717, 1.165) is 11.5 Å². The van der Waals surface area contributed by atoms with Gasteiger partial charge in [-0.3, -0.25) is 0 Å². The summed E-state index contributed by atoms with van der Waals surface area (Å²) in [5, 5.41) is 9.13. The zero-order valence-corrected chi connectivity index (χ0v) is 9.39. The fourth-order valence-electron chi connectivity index (χ4n) is 1.25. The van der Waals surface area contributed by atoms with Crippen LogP contribution in [0.1, 0.15) is 24.4 Å². The molecule has 0 saturated carbocycles. The Bertz CT molecular complexity index is 380. The zero-order chi connectivity index (χ0) is 12.0. The summed E-state index contributed by atoms with van der Waals surface area (Å²) in [4.78, 5) is 0. The Morgan fingerprint density at radius 2 is 2.25 bits per heavy atom. The predicted molar refractivity (Wildman–Crippen MR) is 63.9 cm³/mol. The van der Waals surface area contributed by atoms with E-state index in [1.54, 1.807) is 12.2 Å². The zero-order valence-electron chi connectivity index (χ0n) is 9.39. The standard InChI is InChI=1S/C12H18N2O2/c1-9(3-2-4-10(15)7-13)12-6-5-11(8-14)16-12/h2-6,9,15H,7-8,13-14H2,1H3/b3-2+,10-4-. The Labute approximate surface area is 95.2 Å². The minimum Gasteiger partial charge on any atom is -0.511 e. The van der Waals surface area contributed by atoms with Crippen molar-refractivity contribution in [1.29, 1.82) is 0 Å². The highest BCUT2D eigenvalue weighted by Gasteiger charge is 2.06. The summed E-state index contributed by atoms with van der Waals surface area (Å²) in [5.74, 6) is 1.93. The number of allylic oxidation sites excluding steroid dienone is 3. The van der Waals surface area contributed by atoms with E-state index in [4.69, 9.17) is 21.0 Å². The first-order chi connectivity index (χ1) is 7.67. The molecule has 0 aromatic carbocycles. The van der Waals surface area contributed by atoms with Crippen LogP contribution in [0.2, 0.25) is 0 Å². The van der Waals surface area contributed by atoms with Crippen molar-refractivity contribution in [1.82, 2.24) is 0 Å². The summed E-state index contributed by atoms with van der Waals surface area (Å²) in [6.45, 7) is 2.56. The van der Waals surface area contributed by atoms with Gasteiger partial charge in [-0.25, -0.2) is 0 Å². The van der Waals surface area contributed by atoms with Gasteiger partial charge in [0, 0.05) is 5.92 Å². The van der Waals surface area contributed by atoms with Crippen molar-refractivity contribution in [2.45, 2.75) is 19.4 Å². The molecule has 0 spiro atoms. The van der Waals surface area contributed by atoms with Crippen LogP contribution in [-0.2, 0) is 6.54 Å². The molecule has 1 rings (SSSR count). The summed E-state index contributed by atoms with van der Waals surface area (Å²) < 4.78 is 5.49. The van der Waals surface area contributed by atoms with Crippen molar-refractivity contribution in [3.63, 3.8) is 0 Å². The Morgan fingerprint density at radius 1 is 1.50 bits per heavy atom. The van der Waals surface area contributed by atoms with Crippen LogP contribution in [-0.4, -0.2) is 11.7 Å². The van der Waals surface area contributed by atoms with Gasteiger partial charge in [0.15, 0.2) is 0 Å². The predicted octanol–water partition coefficient (Wildman–Crippen LogP) is 1.80. The quantitative estimate of drug-likeness (QED) is 0.524. The highest BCUT2D eigenvalue weighted by atomic mass is 16.3. The van der Waals surface area contributed by atoms with E-state index < -0.39 is 0 Å². The van der Waals surface area contributed by atoms with Crippen LogP contribution >= 0.6 is 0 Å². The molecule has 4 nitrogen and oxygen atoms in total.